The molecule has 2 heteroatoms. The number of aliphatic hydroxyl groups is 1. The molecule has 0 spiro atoms. The Morgan fingerprint density at radius 1 is 0.905 bits per heavy atom. The Balaban J connectivity index is 1.72. The molecule has 1 aliphatic heterocycles. The summed E-state index contributed by atoms with van der Waals surface area (Å²) in [5.41, 5.74) is 2.04. The highest BCUT2D eigenvalue weighted by molar-refractivity contribution is 5.83. The number of fused-ring (bicyclic) bond motifs is 2. The molecule has 0 bridgehead atoms. The topological polar surface area (TPSA) is 29.5 Å². The lowest BCUT2D eigenvalue weighted by atomic mass is 9.90. The summed E-state index contributed by atoms with van der Waals surface area (Å²) in [4.78, 5) is 0. The highest BCUT2D eigenvalue weighted by Gasteiger charge is 2.30. The smallest absolute Gasteiger partial charge is 0.123 e. The van der Waals surface area contributed by atoms with Gasteiger partial charge in [0.05, 0.1) is 18.6 Å². The van der Waals surface area contributed by atoms with Gasteiger partial charge in [-0.15, -0.1) is 0 Å². The molecule has 0 saturated heterocycles. The van der Waals surface area contributed by atoms with Crippen molar-refractivity contribution in [2.45, 2.75) is 12.0 Å². The first kappa shape index (κ1) is 12.4. The summed E-state index contributed by atoms with van der Waals surface area (Å²) in [5, 5.41) is 13.1. The molecule has 2 unspecified atom stereocenters. The van der Waals surface area contributed by atoms with Crippen molar-refractivity contribution in [2.75, 3.05) is 6.61 Å². The maximum absolute atomic E-state index is 10.7. The van der Waals surface area contributed by atoms with Crippen LogP contribution < -0.4 is 4.74 Å². The third-order valence-corrected chi connectivity index (χ3v) is 4.23. The van der Waals surface area contributed by atoms with Crippen LogP contribution in [0.4, 0.5) is 0 Å². The second kappa shape index (κ2) is 4.90. The Bertz CT molecular complexity index is 794. The molecular weight excluding hydrogens is 260 g/mol. The fourth-order valence-electron chi connectivity index (χ4n) is 3.07. The largest absolute Gasteiger partial charge is 0.493 e. The molecule has 0 aromatic heterocycles. The van der Waals surface area contributed by atoms with E-state index in [0.717, 1.165) is 22.3 Å². The lowest BCUT2D eigenvalue weighted by Gasteiger charge is -2.18. The number of ether oxygens (including phenoxy) is 1. The van der Waals surface area contributed by atoms with E-state index in [1.165, 1.54) is 5.39 Å². The van der Waals surface area contributed by atoms with Crippen LogP contribution in [0.2, 0.25) is 0 Å². The molecule has 2 nitrogen and oxygen atoms in total. The van der Waals surface area contributed by atoms with Crippen molar-refractivity contribution in [3.63, 3.8) is 0 Å². The summed E-state index contributed by atoms with van der Waals surface area (Å²) in [6.45, 7) is 0.535. The minimum Gasteiger partial charge on any atom is -0.493 e. The van der Waals surface area contributed by atoms with E-state index in [4.69, 9.17) is 4.74 Å². The van der Waals surface area contributed by atoms with E-state index in [1.807, 2.05) is 42.5 Å². The maximum atomic E-state index is 10.7. The van der Waals surface area contributed by atoms with Crippen molar-refractivity contribution in [1.29, 1.82) is 0 Å². The lowest BCUT2D eigenvalue weighted by Crippen LogP contribution is -2.12. The first-order valence-electron chi connectivity index (χ1n) is 7.21. The summed E-state index contributed by atoms with van der Waals surface area (Å²) < 4.78 is 5.68. The fraction of sp³-hybridized carbons (Fsp3) is 0.158. The molecule has 21 heavy (non-hydrogen) atoms. The van der Waals surface area contributed by atoms with Gasteiger partial charge in [0, 0.05) is 5.56 Å². The summed E-state index contributed by atoms with van der Waals surface area (Å²) >= 11 is 0. The molecule has 0 saturated carbocycles. The Morgan fingerprint density at radius 3 is 2.57 bits per heavy atom. The molecule has 3 aromatic carbocycles. The predicted octanol–water partition coefficient (Wildman–Crippen LogP) is 4.05. The molecule has 1 heterocycles. The normalized spacial score (nSPS) is 18.2. The van der Waals surface area contributed by atoms with Crippen LogP contribution in [-0.4, -0.2) is 11.7 Å². The van der Waals surface area contributed by atoms with Gasteiger partial charge in [0.2, 0.25) is 0 Å². The van der Waals surface area contributed by atoms with E-state index in [9.17, 15) is 5.11 Å². The van der Waals surface area contributed by atoms with Crippen LogP contribution in [-0.2, 0) is 0 Å². The minimum absolute atomic E-state index is 0.00219. The zero-order chi connectivity index (χ0) is 14.2. The van der Waals surface area contributed by atoms with Crippen LogP contribution in [0, 0.1) is 0 Å². The van der Waals surface area contributed by atoms with Crippen molar-refractivity contribution in [1.82, 2.24) is 0 Å². The average molecular weight is 276 g/mol. The van der Waals surface area contributed by atoms with Crippen LogP contribution in [0.1, 0.15) is 23.1 Å². The Hall–Kier alpha value is -2.32. The van der Waals surface area contributed by atoms with Crippen molar-refractivity contribution >= 4 is 10.8 Å². The second-order valence-electron chi connectivity index (χ2n) is 5.51. The van der Waals surface area contributed by atoms with Gasteiger partial charge in [0.15, 0.2) is 0 Å². The molecule has 0 aliphatic carbocycles. The van der Waals surface area contributed by atoms with E-state index in [0.29, 0.717) is 6.61 Å². The van der Waals surface area contributed by atoms with Gasteiger partial charge in [-0.05, 0) is 28.5 Å². The SMILES string of the molecule is OC(c1ccc2ccccc2c1)C1COc2ccccc21. The van der Waals surface area contributed by atoms with Crippen LogP contribution >= 0.6 is 0 Å². The van der Waals surface area contributed by atoms with Gasteiger partial charge in [-0.3, -0.25) is 0 Å². The minimum atomic E-state index is -0.543. The molecule has 0 amide bonds. The summed E-state index contributed by atoms with van der Waals surface area (Å²) in [5.74, 6) is 0.893. The van der Waals surface area contributed by atoms with Gasteiger partial charge < -0.3 is 9.84 Å². The van der Waals surface area contributed by atoms with Crippen molar-refractivity contribution < 1.29 is 9.84 Å². The van der Waals surface area contributed by atoms with Crippen LogP contribution in [0.15, 0.2) is 66.7 Å². The van der Waals surface area contributed by atoms with Gasteiger partial charge in [0.25, 0.3) is 0 Å². The third kappa shape index (κ3) is 2.08. The maximum Gasteiger partial charge on any atom is 0.123 e. The zero-order valence-corrected chi connectivity index (χ0v) is 11.6. The highest BCUT2D eigenvalue weighted by atomic mass is 16.5. The number of rotatable bonds is 2. The van der Waals surface area contributed by atoms with Crippen LogP contribution in [0.5, 0.6) is 5.75 Å². The number of aliphatic hydroxyl groups excluding tert-OH is 1. The van der Waals surface area contributed by atoms with E-state index in [-0.39, 0.29) is 5.92 Å². The number of hydrogen-bond acceptors (Lipinski definition) is 2. The van der Waals surface area contributed by atoms with E-state index < -0.39 is 6.10 Å². The molecule has 104 valence electrons. The van der Waals surface area contributed by atoms with E-state index in [1.54, 1.807) is 0 Å². The molecule has 2 atom stereocenters. The predicted molar refractivity (Wildman–Crippen MR) is 83.6 cm³/mol. The Labute approximate surface area is 123 Å². The second-order valence-corrected chi connectivity index (χ2v) is 5.51. The van der Waals surface area contributed by atoms with Gasteiger partial charge in [-0.2, -0.15) is 0 Å². The lowest BCUT2D eigenvalue weighted by molar-refractivity contribution is 0.130. The molecular formula is C19H16O2. The molecule has 0 radical (unpaired) electrons. The number of benzene rings is 3. The first-order chi connectivity index (χ1) is 10.3. The van der Waals surface area contributed by atoms with E-state index in [2.05, 4.69) is 24.3 Å². The van der Waals surface area contributed by atoms with Crippen molar-refractivity contribution in [3.05, 3.63) is 77.9 Å². The van der Waals surface area contributed by atoms with Crippen LogP contribution in [0.25, 0.3) is 10.8 Å². The number of para-hydroxylation sites is 1. The average Bonchev–Trinajstić information content (AvgIpc) is 2.98. The van der Waals surface area contributed by atoms with Crippen molar-refractivity contribution in [2.24, 2.45) is 0 Å². The van der Waals surface area contributed by atoms with Gasteiger partial charge in [-0.1, -0.05) is 54.6 Å². The summed E-state index contributed by atoms with van der Waals surface area (Å²) in [6, 6.07) is 22.3. The molecule has 1 aliphatic rings. The fourth-order valence-corrected chi connectivity index (χ4v) is 3.07. The van der Waals surface area contributed by atoms with Crippen molar-refractivity contribution in [3.8, 4) is 5.75 Å². The Morgan fingerprint density at radius 2 is 1.67 bits per heavy atom. The summed E-state index contributed by atoms with van der Waals surface area (Å²) in [7, 11) is 0. The summed E-state index contributed by atoms with van der Waals surface area (Å²) in [6.07, 6.45) is -0.543. The highest BCUT2D eigenvalue weighted by Crippen LogP contribution is 2.41. The van der Waals surface area contributed by atoms with Gasteiger partial charge in [-0.25, -0.2) is 0 Å². The molecule has 4 rings (SSSR count). The Kier molecular flexibility index (Phi) is 2.90. The molecule has 3 aromatic rings. The quantitative estimate of drug-likeness (QED) is 0.765. The number of hydrogen-bond donors (Lipinski definition) is 1. The van der Waals surface area contributed by atoms with Gasteiger partial charge >= 0.3 is 0 Å². The zero-order valence-electron chi connectivity index (χ0n) is 11.6. The van der Waals surface area contributed by atoms with Crippen LogP contribution in [0.3, 0.4) is 0 Å². The third-order valence-electron chi connectivity index (χ3n) is 4.23. The van der Waals surface area contributed by atoms with Gasteiger partial charge in [0.1, 0.15) is 5.75 Å². The molecule has 0 fully saturated rings. The first-order valence-corrected chi connectivity index (χ1v) is 7.21. The van der Waals surface area contributed by atoms with E-state index >= 15 is 0 Å². The monoisotopic (exact) mass is 276 g/mol. The standard InChI is InChI=1S/C19H16O2/c20-19(17-12-21-18-8-4-3-7-16(17)18)15-10-9-13-5-1-2-6-14(13)11-15/h1-11,17,19-20H,12H2. The molecule has 1 N–H and O–H groups in total.